The molecule has 0 spiro atoms. The molecule has 0 bridgehead atoms. The second-order valence-corrected chi connectivity index (χ2v) is 15.4. The number of rotatable bonds is 5. The van der Waals surface area contributed by atoms with Gasteiger partial charge in [-0.1, -0.05) is 72.8 Å². The van der Waals surface area contributed by atoms with E-state index < -0.39 is 0 Å². The van der Waals surface area contributed by atoms with Gasteiger partial charge in [-0.25, -0.2) is 9.97 Å². The van der Waals surface area contributed by atoms with Gasteiger partial charge in [0.25, 0.3) is 0 Å². The number of pyridine rings is 2. The summed E-state index contributed by atoms with van der Waals surface area (Å²) in [6.07, 6.45) is 5.96. The van der Waals surface area contributed by atoms with Crippen LogP contribution in [0.4, 0.5) is 0 Å². The van der Waals surface area contributed by atoms with Gasteiger partial charge in [0, 0.05) is 34.8 Å². The maximum Gasteiger partial charge on any atom is 0.221 e. The van der Waals surface area contributed by atoms with E-state index in [0.29, 0.717) is 17.4 Å². The summed E-state index contributed by atoms with van der Waals surface area (Å²) in [5, 5.41) is 4.36. The molecule has 0 aliphatic heterocycles. The molecule has 6 aromatic carbocycles. The second-order valence-electron chi connectivity index (χ2n) is 15.4. The van der Waals surface area contributed by atoms with Gasteiger partial charge in [-0.2, -0.15) is 0 Å². The largest absolute Gasteiger partial charge is 0.457 e. The van der Waals surface area contributed by atoms with Crippen LogP contribution in [-0.2, 0) is 12.8 Å². The summed E-state index contributed by atoms with van der Waals surface area (Å²) in [6, 6.07) is 46.6. The van der Waals surface area contributed by atoms with Crippen molar-refractivity contribution in [1.29, 1.82) is 0 Å². The maximum atomic E-state index is 6.92. The number of hydrogen-bond acceptors (Lipinski definition) is 5. The van der Waals surface area contributed by atoms with Gasteiger partial charge in [-0.05, 0) is 126 Å². The molecule has 7 nitrogen and oxygen atoms in total. The summed E-state index contributed by atoms with van der Waals surface area (Å²) >= 11 is 0. The lowest BCUT2D eigenvalue weighted by Crippen LogP contribution is -2.00. The highest BCUT2D eigenvalue weighted by molar-refractivity contribution is 6.21. The van der Waals surface area contributed by atoms with E-state index in [9.17, 15) is 0 Å². The third-order valence-electron chi connectivity index (χ3n) is 12.0. The van der Waals surface area contributed by atoms with Crippen molar-refractivity contribution in [3.63, 3.8) is 0 Å². The van der Waals surface area contributed by atoms with Crippen LogP contribution in [0.3, 0.4) is 0 Å². The van der Waals surface area contributed by atoms with Crippen molar-refractivity contribution in [3.8, 4) is 28.6 Å². The molecule has 0 saturated heterocycles. The zero-order chi connectivity index (χ0) is 37.8. The number of fused-ring (bicyclic) bond motifs is 11. The molecule has 0 saturated carbocycles. The van der Waals surface area contributed by atoms with Crippen LogP contribution in [0.2, 0.25) is 0 Å². The third kappa shape index (κ3) is 4.95. The lowest BCUT2D eigenvalue weighted by Gasteiger charge is -2.11. The van der Waals surface area contributed by atoms with Crippen LogP contribution in [0, 0.1) is 13.8 Å². The van der Waals surface area contributed by atoms with Crippen molar-refractivity contribution in [2.24, 2.45) is 0 Å². The van der Waals surface area contributed by atoms with Crippen LogP contribution in [0.15, 0.2) is 150 Å². The summed E-state index contributed by atoms with van der Waals surface area (Å²) in [7, 11) is 0. The van der Waals surface area contributed by atoms with E-state index in [0.717, 1.165) is 96.0 Å². The average Bonchev–Trinajstić information content (AvgIpc) is 4.01. The zero-order valence-corrected chi connectivity index (χ0v) is 31.4. The normalized spacial score (nSPS) is 14.2. The van der Waals surface area contributed by atoms with E-state index in [1.165, 1.54) is 22.3 Å². The Morgan fingerprint density at radius 3 is 2.40 bits per heavy atom. The fraction of sp³-hybridized carbons (Fsp3) is 0.100. The molecule has 0 N–H and O–H groups in total. The van der Waals surface area contributed by atoms with Gasteiger partial charge in [-0.3, -0.25) is 14.0 Å². The first-order chi connectivity index (χ1) is 28.0. The van der Waals surface area contributed by atoms with Gasteiger partial charge >= 0.3 is 0 Å². The zero-order valence-electron chi connectivity index (χ0n) is 31.4. The minimum atomic E-state index is 0.444. The highest BCUT2D eigenvalue weighted by Gasteiger charge is 2.26. The number of furan rings is 1. The van der Waals surface area contributed by atoms with Crippen molar-refractivity contribution in [2.45, 2.75) is 32.6 Å². The Bertz CT molecular complexity index is 3430. The molecule has 11 aromatic rings. The molecule has 12 rings (SSSR count). The van der Waals surface area contributed by atoms with Crippen molar-refractivity contribution >= 4 is 60.6 Å². The SMILES string of the molecule is Cc1cnc(-n2c3cc(Oc4cc(-c5cc6c(cn5)CC(c5ccccc5)C6)c5oc6ccc7ccccc7c6c5c4)ccc3n3c4ccccc4nc23)cc1C. The van der Waals surface area contributed by atoms with E-state index in [1.807, 2.05) is 18.3 Å². The standard InChI is InChI=1S/C50H35N5O2/c1-29-20-47(52-27-30(29)2)55-45-26-36(17-18-44(45)54-43-15-9-8-14-41(43)53-50(54)55)56-37-24-39(42-23-34-21-33(22-35(34)28-51-42)31-10-4-3-5-11-31)49-40(25-37)48-38-13-7-6-12-32(38)16-19-46(48)57-49/h3-20,23-28,33H,21-22H2,1-2H3. The first-order valence-electron chi connectivity index (χ1n) is 19.5. The van der Waals surface area contributed by atoms with Gasteiger partial charge in [-0.15, -0.1) is 0 Å². The monoisotopic (exact) mass is 737 g/mol. The van der Waals surface area contributed by atoms with Crippen LogP contribution >= 0.6 is 0 Å². The van der Waals surface area contributed by atoms with Crippen molar-refractivity contribution in [3.05, 3.63) is 174 Å². The molecule has 272 valence electrons. The highest BCUT2D eigenvalue weighted by atomic mass is 16.5. The number of benzene rings is 6. The molecule has 0 fully saturated rings. The second kappa shape index (κ2) is 12.1. The predicted octanol–water partition coefficient (Wildman–Crippen LogP) is 12.2. The topological polar surface area (TPSA) is 70.4 Å². The number of nitrogens with zero attached hydrogens (tertiary/aromatic N) is 5. The molecule has 7 heteroatoms. The number of aryl methyl sites for hydroxylation is 2. The fourth-order valence-electron chi connectivity index (χ4n) is 9.02. The fourth-order valence-corrected chi connectivity index (χ4v) is 9.02. The minimum Gasteiger partial charge on any atom is -0.457 e. The van der Waals surface area contributed by atoms with E-state index in [-0.39, 0.29) is 0 Å². The molecule has 1 unspecified atom stereocenters. The molecule has 0 radical (unpaired) electrons. The molecular weight excluding hydrogens is 703 g/mol. The smallest absolute Gasteiger partial charge is 0.221 e. The molecule has 1 aliphatic carbocycles. The van der Waals surface area contributed by atoms with Gasteiger partial charge in [0.2, 0.25) is 5.78 Å². The first kappa shape index (κ1) is 32.0. The summed E-state index contributed by atoms with van der Waals surface area (Å²) in [6.45, 7) is 4.20. The van der Waals surface area contributed by atoms with Crippen LogP contribution in [0.1, 0.15) is 33.7 Å². The Labute approximate surface area is 327 Å². The minimum absolute atomic E-state index is 0.444. The summed E-state index contributed by atoms with van der Waals surface area (Å²) in [5.74, 6) is 3.46. The van der Waals surface area contributed by atoms with Crippen molar-refractivity contribution in [2.75, 3.05) is 0 Å². The van der Waals surface area contributed by atoms with Gasteiger partial charge in [0.1, 0.15) is 28.5 Å². The quantitative estimate of drug-likeness (QED) is 0.176. The molecule has 1 atom stereocenters. The third-order valence-corrected chi connectivity index (χ3v) is 12.0. The summed E-state index contributed by atoms with van der Waals surface area (Å²) in [4.78, 5) is 15.1. The van der Waals surface area contributed by atoms with Crippen LogP contribution in [0.25, 0.3) is 77.6 Å². The molecule has 0 amide bonds. The Hall–Kier alpha value is -7.25. The van der Waals surface area contributed by atoms with E-state index in [2.05, 4.69) is 150 Å². The number of ether oxygens (including phenoxy) is 1. The Balaban J connectivity index is 1.04. The van der Waals surface area contributed by atoms with Crippen molar-refractivity contribution < 1.29 is 9.15 Å². The van der Waals surface area contributed by atoms with Gasteiger partial charge < -0.3 is 9.15 Å². The van der Waals surface area contributed by atoms with E-state index in [1.54, 1.807) is 0 Å². The molecule has 5 heterocycles. The summed E-state index contributed by atoms with van der Waals surface area (Å²) in [5.41, 5.74) is 13.7. The average molecular weight is 738 g/mol. The molecular formula is C50H35N5O2. The van der Waals surface area contributed by atoms with Crippen LogP contribution in [0.5, 0.6) is 11.5 Å². The predicted molar refractivity (Wildman–Crippen MR) is 228 cm³/mol. The van der Waals surface area contributed by atoms with E-state index >= 15 is 0 Å². The van der Waals surface area contributed by atoms with Crippen LogP contribution < -0.4 is 4.74 Å². The molecule has 1 aliphatic rings. The highest BCUT2D eigenvalue weighted by Crippen LogP contribution is 2.44. The molecule has 5 aromatic heterocycles. The maximum absolute atomic E-state index is 6.92. The van der Waals surface area contributed by atoms with Gasteiger partial charge in [0.15, 0.2) is 0 Å². The Morgan fingerprint density at radius 2 is 1.49 bits per heavy atom. The summed E-state index contributed by atoms with van der Waals surface area (Å²) < 4.78 is 18.0. The number of imidazole rings is 2. The van der Waals surface area contributed by atoms with E-state index in [4.69, 9.17) is 24.1 Å². The number of aromatic nitrogens is 5. The lowest BCUT2D eigenvalue weighted by molar-refractivity contribution is 0.484. The number of para-hydroxylation sites is 2. The lowest BCUT2D eigenvalue weighted by atomic mass is 9.96. The first-order valence-corrected chi connectivity index (χ1v) is 19.5. The number of hydrogen-bond donors (Lipinski definition) is 0. The van der Waals surface area contributed by atoms with Crippen LogP contribution in [-0.4, -0.2) is 23.9 Å². The molecule has 57 heavy (non-hydrogen) atoms. The Morgan fingerprint density at radius 1 is 0.649 bits per heavy atom. The van der Waals surface area contributed by atoms with Gasteiger partial charge in [0.05, 0.1) is 27.8 Å². The Kier molecular flexibility index (Phi) is 6.81. The van der Waals surface area contributed by atoms with Crippen molar-refractivity contribution in [1.82, 2.24) is 23.9 Å².